The average Bonchev–Trinajstić information content (AvgIpc) is 3.49. The third-order valence-electron chi connectivity index (χ3n) is 8.70. The minimum absolute atomic E-state index is 0.262. The van der Waals surface area contributed by atoms with Gasteiger partial charge in [-0.1, -0.05) is 66.2 Å². The Bertz CT molecular complexity index is 1780. The van der Waals surface area contributed by atoms with Crippen LogP contribution in [0.15, 0.2) is 103 Å². The second-order valence-corrected chi connectivity index (χ2v) is 11.2. The summed E-state index contributed by atoms with van der Waals surface area (Å²) in [4.78, 5) is 46.1. The monoisotopic (exact) mass is 574 g/mol. The van der Waals surface area contributed by atoms with E-state index in [4.69, 9.17) is 16.3 Å². The van der Waals surface area contributed by atoms with Crippen molar-refractivity contribution >= 4 is 40.8 Å². The van der Waals surface area contributed by atoms with E-state index in [0.717, 1.165) is 11.1 Å². The largest absolute Gasteiger partial charge is 0.493 e. The van der Waals surface area contributed by atoms with Crippen LogP contribution in [-0.4, -0.2) is 35.0 Å². The lowest BCUT2D eigenvalue weighted by Gasteiger charge is -2.38. The van der Waals surface area contributed by atoms with Crippen LogP contribution in [0, 0.1) is 5.92 Å². The van der Waals surface area contributed by atoms with Crippen LogP contribution in [0.5, 0.6) is 5.75 Å². The number of hydrogen-bond donors (Lipinski definition) is 1. The van der Waals surface area contributed by atoms with E-state index in [0.29, 0.717) is 39.8 Å². The van der Waals surface area contributed by atoms with Crippen LogP contribution in [0.3, 0.4) is 0 Å². The molecule has 1 fully saturated rings. The second-order valence-electron chi connectivity index (χ2n) is 10.8. The number of para-hydroxylation sites is 2. The number of carbonyl (C=O) groups excluding carboxylic acids is 3. The van der Waals surface area contributed by atoms with Crippen molar-refractivity contribution in [2.75, 3.05) is 11.9 Å². The van der Waals surface area contributed by atoms with Gasteiger partial charge in [0.1, 0.15) is 17.2 Å². The Morgan fingerprint density at radius 3 is 2.43 bits per heavy atom. The molecule has 4 atom stereocenters. The Morgan fingerprint density at radius 2 is 1.62 bits per heavy atom. The van der Waals surface area contributed by atoms with Gasteiger partial charge in [0, 0.05) is 22.5 Å². The van der Waals surface area contributed by atoms with Crippen molar-refractivity contribution < 1.29 is 19.1 Å². The fraction of sp³-hybridized carbons (Fsp3) is 0.171. The molecule has 1 spiro atoms. The predicted octanol–water partition coefficient (Wildman–Crippen LogP) is 6.72. The first-order valence-corrected chi connectivity index (χ1v) is 14.4. The molecular formula is C35H27ClN2O4. The van der Waals surface area contributed by atoms with Crippen LogP contribution in [-0.2, 0) is 10.2 Å². The summed E-state index contributed by atoms with van der Waals surface area (Å²) in [5.74, 6) is -1.54. The maximum Gasteiger partial charge on any atom is 0.238 e. The molecule has 208 valence electrons. The van der Waals surface area contributed by atoms with Gasteiger partial charge in [-0.2, -0.15) is 0 Å². The lowest BCUT2D eigenvalue weighted by molar-refractivity contribution is -0.122. The first kappa shape index (κ1) is 26.2. The zero-order valence-electron chi connectivity index (χ0n) is 22.8. The van der Waals surface area contributed by atoms with Crippen LogP contribution in [0.25, 0.3) is 6.08 Å². The number of benzene rings is 4. The van der Waals surface area contributed by atoms with E-state index in [1.807, 2.05) is 78.7 Å². The van der Waals surface area contributed by atoms with Gasteiger partial charge in [-0.15, -0.1) is 0 Å². The van der Waals surface area contributed by atoms with E-state index in [1.54, 1.807) is 42.5 Å². The molecule has 4 aromatic carbocycles. The van der Waals surface area contributed by atoms with Gasteiger partial charge in [0.05, 0.1) is 24.1 Å². The Balaban J connectivity index is 1.54. The predicted molar refractivity (Wildman–Crippen MR) is 162 cm³/mol. The number of ether oxygens (including phenoxy) is 1. The van der Waals surface area contributed by atoms with E-state index < -0.39 is 23.4 Å². The van der Waals surface area contributed by atoms with Crippen molar-refractivity contribution in [3.05, 3.63) is 136 Å². The summed E-state index contributed by atoms with van der Waals surface area (Å²) >= 11 is 6.17. The van der Waals surface area contributed by atoms with E-state index >= 15 is 4.79 Å². The van der Waals surface area contributed by atoms with E-state index in [9.17, 15) is 9.59 Å². The second kappa shape index (κ2) is 10.00. The molecule has 3 heterocycles. The number of fused-ring (bicyclic) bond motifs is 6. The fourth-order valence-electron chi connectivity index (χ4n) is 7.07. The molecule has 0 aromatic heterocycles. The number of rotatable bonds is 6. The fourth-order valence-corrected chi connectivity index (χ4v) is 7.20. The molecule has 1 amide bonds. The number of nitrogens with zero attached hydrogens (tertiary/aromatic N) is 1. The summed E-state index contributed by atoms with van der Waals surface area (Å²) in [6.07, 6.45) is 3.81. The highest BCUT2D eigenvalue weighted by atomic mass is 35.5. The quantitative estimate of drug-likeness (QED) is 0.259. The maximum absolute atomic E-state index is 15.0. The molecule has 7 heteroatoms. The van der Waals surface area contributed by atoms with Gasteiger partial charge in [-0.25, -0.2) is 0 Å². The van der Waals surface area contributed by atoms with E-state index in [1.165, 1.54) is 0 Å². The molecule has 0 unspecified atom stereocenters. The van der Waals surface area contributed by atoms with Crippen molar-refractivity contribution in [3.63, 3.8) is 0 Å². The van der Waals surface area contributed by atoms with Crippen LogP contribution < -0.4 is 10.1 Å². The number of halogens is 1. The molecule has 0 aliphatic carbocycles. The number of amides is 1. The zero-order valence-corrected chi connectivity index (χ0v) is 23.5. The first-order valence-electron chi connectivity index (χ1n) is 14.0. The zero-order chi connectivity index (χ0) is 29.0. The molecule has 1 N–H and O–H groups in total. The molecule has 3 aliphatic heterocycles. The molecule has 0 bridgehead atoms. The molecule has 1 saturated heterocycles. The maximum atomic E-state index is 15.0. The van der Waals surface area contributed by atoms with Crippen LogP contribution in [0.1, 0.15) is 50.4 Å². The lowest BCUT2D eigenvalue weighted by atomic mass is 9.62. The van der Waals surface area contributed by atoms with E-state index in [2.05, 4.69) is 5.32 Å². The number of carbonyl (C=O) groups is 3. The Hall–Kier alpha value is -4.68. The number of hydrogen-bond acceptors (Lipinski definition) is 5. The molecule has 0 radical (unpaired) electrons. The Kier molecular flexibility index (Phi) is 6.24. The Labute approximate surface area is 248 Å². The van der Waals surface area contributed by atoms with Crippen molar-refractivity contribution in [2.45, 2.75) is 24.4 Å². The normalized spacial score (nSPS) is 23.2. The van der Waals surface area contributed by atoms with Crippen molar-refractivity contribution in [2.24, 2.45) is 5.92 Å². The highest BCUT2D eigenvalue weighted by Gasteiger charge is 2.70. The van der Waals surface area contributed by atoms with Crippen molar-refractivity contribution in [3.8, 4) is 5.75 Å². The smallest absolute Gasteiger partial charge is 0.238 e. The third kappa shape index (κ3) is 3.68. The number of ketones is 2. The minimum atomic E-state index is -1.40. The number of anilines is 1. The molecule has 3 aliphatic rings. The first-order chi connectivity index (χ1) is 20.5. The van der Waals surface area contributed by atoms with Gasteiger partial charge < -0.3 is 15.0 Å². The van der Waals surface area contributed by atoms with Crippen LogP contribution in [0.4, 0.5) is 5.69 Å². The summed E-state index contributed by atoms with van der Waals surface area (Å²) in [6.45, 7) is 2.22. The molecule has 7 rings (SSSR count). The summed E-state index contributed by atoms with van der Waals surface area (Å²) in [5, 5.41) is 3.58. The van der Waals surface area contributed by atoms with Gasteiger partial charge in [-0.05, 0) is 72.2 Å². The van der Waals surface area contributed by atoms with Crippen LogP contribution in [0.2, 0.25) is 5.02 Å². The molecule has 4 aromatic rings. The summed E-state index contributed by atoms with van der Waals surface area (Å²) in [5.41, 5.74) is 2.52. The van der Waals surface area contributed by atoms with Crippen molar-refractivity contribution in [1.82, 2.24) is 4.90 Å². The molecular weight excluding hydrogens is 548 g/mol. The average molecular weight is 575 g/mol. The lowest BCUT2D eigenvalue weighted by Crippen LogP contribution is -2.49. The highest BCUT2D eigenvalue weighted by molar-refractivity contribution is 6.30. The van der Waals surface area contributed by atoms with Gasteiger partial charge in [0.2, 0.25) is 5.91 Å². The summed E-state index contributed by atoms with van der Waals surface area (Å²) in [7, 11) is 0. The number of nitrogens with one attached hydrogen (secondary N) is 1. The SMILES string of the molecule is CCOc1ccccc1C(=O)[C@H]1[C@@H](C(=O)c2ccc(Cl)cc2)N2C=Cc3ccccc3[C@@H]2[C@]12C(=O)Nc1ccccc12. The summed E-state index contributed by atoms with van der Waals surface area (Å²) in [6, 6.07) is 27.4. The molecule has 6 nitrogen and oxygen atoms in total. The minimum Gasteiger partial charge on any atom is -0.493 e. The van der Waals surface area contributed by atoms with Gasteiger partial charge in [0.15, 0.2) is 11.6 Å². The third-order valence-corrected chi connectivity index (χ3v) is 8.95. The molecule has 0 saturated carbocycles. The summed E-state index contributed by atoms with van der Waals surface area (Å²) < 4.78 is 5.88. The highest BCUT2D eigenvalue weighted by Crippen LogP contribution is 2.62. The Morgan fingerprint density at radius 1 is 0.905 bits per heavy atom. The van der Waals surface area contributed by atoms with Crippen molar-refractivity contribution in [1.29, 1.82) is 0 Å². The molecule has 42 heavy (non-hydrogen) atoms. The van der Waals surface area contributed by atoms with Crippen LogP contribution >= 0.6 is 11.6 Å². The van der Waals surface area contributed by atoms with Gasteiger partial charge in [-0.3, -0.25) is 14.4 Å². The standard InChI is InChI=1S/C35H27ClN2O4/c1-2-42-28-14-8-5-11-25(28)32(40)29-30(31(39)22-15-17-23(36)18-16-22)38-20-19-21-9-3-4-10-24(21)33(38)35(29)26-12-6-7-13-27(26)37-34(35)41/h3-20,29-30,33H,2H2,1H3,(H,37,41)/t29-,30+,33-,35-/m1/s1. The van der Waals surface area contributed by atoms with Gasteiger partial charge in [0.25, 0.3) is 0 Å². The van der Waals surface area contributed by atoms with E-state index in [-0.39, 0.29) is 17.5 Å². The topological polar surface area (TPSA) is 75.7 Å². The number of Topliss-reactive ketones (excluding diaryl/α,β-unsaturated/α-hetero) is 2. The van der Waals surface area contributed by atoms with Gasteiger partial charge >= 0.3 is 0 Å².